The molecule has 0 amide bonds. The number of hydrogen-bond acceptors (Lipinski definition) is 10. The predicted molar refractivity (Wildman–Crippen MR) is 147 cm³/mol. The standard InChI is InChI=1S/C28H42N4O8/c1-2-3-10-26(23-7-5-9-25(30-23)28(37)38)32(12-16-34)14-18-40-20-19-39-17-13-31(11-15-33)21-22-6-4-8-24(29-22)27(35)36/h4-9,26,33-34H,2-3,10-21H2,1H3,(H,35,36)(H,37,38). The third-order valence-electron chi connectivity index (χ3n) is 6.26. The summed E-state index contributed by atoms with van der Waals surface area (Å²) in [5.74, 6) is -2.16. The average molecular weight is 563 g/mol. The average Bonchev–Trinajstić information content (AvgIpc) is 2.94. The van der Waals surface area contributed by atoms with Gasteiger partial charge in [0.1, 0.15) is 11.4 Å². The van der Waals surface area contributed by atoms with Crippen molar-refractivity contribution in [3.05, 3.63) is 59.2 Å². The number of aromatic nitrogens is 2. The lowest BCUT2D eigenvalue weighted by molar-refractivity contribution is 0.0217. The molecule has 0 aliphatic carbocycles. The molecule has 0 radical (unpaired) electrons. The Hall–Kier alpha value is -3.00. The lowest BCUT2D eigenvalue weighted by atomic mass is 10.0. The molecule has 0 saturated heterocycles. The number of rotatable bonds is 22. The van der Waals surface area contributed by atoms with Gasteiger partial charge in [-0.3, -0.25) is 9.80 Å². The summed E-state index contributed by atoms with van der Waals surface area (Å²) in [7, 11) is 0. The molecule has 2 aromatic heterocycles. The summed E-state index contributed by atoms with van der Waals surface area (Å²) >= 11 is 0. The normalized spacial score (nSPS) is 12.2. The number of aromatic carboxylic acids is 2. The zero-order valence-corrected chi connectivity index (χ0v) is 23.2. The van der Waals surface area contributed by atoms with E-state index in [1.165, 1.54) is 12.1 Å². The van der Waals surface area contributed by atoms with E-state index in [1.807, 2.05) is 11.0 Å². The van der Waals surface area contributed by atoms with Crippen molar-refractivity contribution in [2.75, 3.05) is 65.8 Å². The Bertz CT molecular complexity index is 1030. The molecule has 0 fully saturated rings. The minimum absolute atomic E-state index is 0.000979. The maximum absolute atomic E-state index is 11.4. The van der Waals surface area contributed by atoms with Crippen molar-refractivity contribution < 1.29 is 39.5 Å². The monoisotopic (exact) mass is 562 g/mol. The predicted octanol–water partition coefficient (Wildman–Crippen LogP) is 1.93. The topological polar surface area (TPSA) is 166 Å². The van der Waals surface area contributed by atoms with Gasteiger partial charge in [0, 0.05) is 32.7 Å². The van der Waals surface area contributed by atoms with Crippen LogP contribution in [0, 0.1) is 0 Å². The summed E-state index contributed by atoms with van der Waals surface area (Å²) in [4.78, 5) is 35.0. The molecule has 2 aromatic rings. The van der Waals surface area contributed by atoms with Crippen LogP contribution in [-0.4, -0.2) is 118 Å². The number of aliphatic hydroxyl groups is 2. The van der Waals surface area contributed by atoms with Crippen LogP contribution in [0.1, 0.15) is 64.6 Å². The minimum Gasteiger partial charge on any atom is -0.477 e. The van der Waals surface area contributed by atoms with Gasteiger partial charge in [0.15, 0.2) is 0 Å². The molecule has 0 bridgehead atoms. The maximum Gasteiger partial charge on any atom is 0.354 e. The molecule has 4 N–H and O–H groups in total. The van der Waals surface area contributed by atoms with E-state index in [2.05, 4.69) is 21.8 Å². The highest BCUT2D eigenvalue weighted by atomic mass is 16.5. The van der Waals surface area contributed by atoms with Gasteiger partial charge >= 0.3 is 11.9 Å². The van der Waals surface area contributed by atoms with Gasteiger partial charge in [-0.05, 0) is 30.7 Å². The van der Waals surface area contributed by atoms with Crippen LogP contribution in [0.5, 0.6) is 0 Å². The Kier molecular flexibility index (Phi) is 15.9. The number of pyridine rings is 2. The lowest BCUT2D eigenvalue weighted by Gasteiger charge is -2.31. The second-order valence-electron chi connectivity index (χ2n) is 9.21. The Morgan fingerprint density at radius 3 is 2.08 bits per heavy atom. The third kappa shape index (κ3) is 12.0. The molecule has 0 spiro atoms. The molecular weight excluding hydrogens is 520 g/mol. The molecule has 12 nitrogen and oxygen atoms in total. The molecule has 0 aliphatic rings. The molecular formula is C28H42N4O8. The molecule has 2 rings (SSSR count). The van der Waals surface area contributed by atoms with Crippen molar-refractivity contribution in [2.45, 2.75) is 38.8 Å². The van der Waals surface area contributed by atoms with E-state index in [1.54, 1.807) is 18.2 Å². The number of aliphatic hydroxyl groups excluding tert-OH is 2. The zero-order valence-electron chi connectivity index (χ0n) is 23.2. The summed E-state index contributed by atoms with van der Waals surface area (Å²) in [5.41, 5.74) is 1.25. The molecule has 222 valence electrons. The SMILES string of the molecule is CCCCC(c1cccc(C(=O)O)n1)N(CCO)CCOCCOCCN(CCO)Cc1cccc(C(=O)O)n1. The molecule has 2 heterocycles. The first kappa shape index (κ1) is 33.2. The number of ether oxygens (including phenoxy) is 2. The molecule has 0 aliphatic heterocycles. The van der Waals surface area contributed by atoms with E-state index in [-0.39, 0.29) is 30.6 Å². The van der Waals surface area contributed by atoms with Crippen LogP contribution in [0.2, 0.25) is 0 Å². The van der Waals surface area contributed by atoms with Gasteiger partial charge in [-0.2, -0.15) is 0 Å². The van der Waals surface area contributed by atoms with Crippen molar-refractivity contribution in [3.8, 4) is 0 Å². The van der Waals surface area contributed by atoms with Crippen LogP contribution < -0.4 is 0 Å². The van der Waals surface area contributed by atoms with Gasteiger partial charge in [0.05, 0.1) is 57.1 Å². The minimum atomic E-state index is -1.08. The number of nitrogens with zero attached hydrogens (tertiary/aromatic N) is 4. The Balaban J connectivity index is 1.78. The maximum atomic E-state index is 11.4. The third-order valence-corrected chi connectivity index (χ3v) is 6.26. The first-order chi connectivity index (χ1) is 19.4. The molecule has 1 unspecified atom stereocenters. The highest BCUT2D eigenvalue weighted by Crippen LogP contribution is 2.25. The first-order valence-corrected chi connectivity index (χ1v) is 13.6. The summed E-state index contributed by atoms with van der Waals surface area (Å²) in [6.07, 6.45) is 2.71. The summed E-state index contributed by atoms with van der Waals surface area (Å²) in [5, 5.41) is 37.5. The summed E-state index contributed by atoms with van der Waals surface area (Å²) < 4.78 is 11.5. The molecule has 0 aromatic carbocycles. The van der Waals surface area contributed by atoms with Crippen LogP contribution in [-0.2, 0) is 16.0 Å². The van der Waals surface area contributed by atoms with E-state index in [0.717, 1.165) is 19.3 Å². The Morgan fingerprint density at radius 2 is 1.45 bits per heavy atom. The van der Waals surface area contributed by atoms with Gasteiger partial charge in [-0.15, -0.1) is 0 Å². The lowest BCUT2D eigenvalue weighted by Crippen LogP contribution is -2.35. The highest BCUT2D eigenvalue weighted by Gasteiger charge is 2.22. The number of carbonyl (C=O) groups is 2. The number of carboxylic acid groups (broad SMARTS) is 2. The number of carboxylic acids is 2. The van der Waals surface area contributed by atoms with Crippen LogP contribution >= 0.6 is 0 Å². The molecule has 40 heavy (non-hydrogen) atoms. The quantitative estimate of drug-likeness (QED) is 0.154. The first-order valence-electron chi connectivity index (χ1n) is 13.6. The van der Waals surface area contributed by atoms with Crippen molar-refractivity contribution in [1.29, 1.82) is 0 Å². The van der Waals surface area contributed by atoms with Crippen LogP contribution in [0.25, 0.3) is 0 Å². The van der Waals surface area contributed by atoms with E-state index in [4.69, 9.17) is 14.6 Å². The van der Waals surface area contributed by atoms with Gasteiger partial charge < -0.3 is 29.9 Å². The van der Waals surface area contributed by atoms with Gasteiger partial charge in [0.25, 0.3) is 0 Å². The zero-order chi connectivity index (χ0) is 29.2. The van der Waals surface area contributed by atoms with Crippen molar-refractivity contribution in [1.82, 2.24) is 19.8 Å². The van der Waals surface area contributed by atoms with Crippen molar-refractivity contribution in [3.63, 3.8) is 0 Å². The van der Waals surface area contributed by atoms with Gasteiger partial charge in [0.2, 0.25) is 0 Å². The molecule has 0 saturated carbocycles. The molecule has 12 heteroatoms. The molecule has 1 atom stereocenters. The number of unbranched alkanes of at least 4 members (excludes halogenated alkanes) is 1. The van der Waals surface area contributed by atoms with Crippen molar-refractivity contribution >= 4 is 11.9 Å². The van der Waals surface area contributed by atoms with Crippen LogP contribution in [0.15, 0.2) is 36.4 Å². The van der Waals surface area contributed by atoms with E-state index in [0.29, 0.717) is 70.5 Å². The second-order valence-corrected chi connectivity index (χ2v) is 9.21. The smallest absolute Gasteiger partial charge is 0.354 e. The van der Waals surface area contributed by atoms with Gasteiger partial charge in [-0.25, -0.2) is 19.6 Å². The van der Waals surface area contributed by atoms with E-state index in [9.17, 15) is 24.9 Å². The summed E-state index contributed by atoms with van der Waals surface area (Å²) in [6, 6.07) is 9.69. The Labute approximate surface area is 235 Å². The van der Waals surface area contributed by atoms with Crippen LogP contribution in [0.3, 0.4) is 0 Å². The van der Waals surface area contributed by atoms with Crippen LogP contribution in [0.4, 0.5) is 0 Å². The largest absolute Gasteiger partial charge is 0.477 e. The van der Waals surface area contributed by atoms with E-state index >= 15 is 0 Å². The van der Waals surface area contributed by atoms with E-state index < -0.39 is 11.9 Å². The van der Waals surface area contributed by atoms with Gasteiger partial charge in [-0.1, -0.05) is 31.9 Å². The second kappa shape index (κ2) is 19.1. The fraction of sp³-hybridized carbons (Fsp3) is 0.571. The summed E-state index contributed by atoms with van der Waals surface area (Å²) in [6.45, 7) is 5.87. The highest BCUT2D eigenvalue weighted by molar-refractivity contribution is 5.85. The van der Waals surface area contributed by atoms with Crippen molar-refractivity contribution in [2.24, 2.45) is 0 Å². The fourth-order valence-electron chi connectivity index (χ4n) is 4.25. The number of hydrogen-bond donors (Lipinski definition) is 4. The Morgan fingerprint density at radius 1 is 0.825 bits per heavy atom. The fourth-order valence-corrected chi connectivity index (χ4v) is 4.25.